The van der Waals surface area contributed by atoms with Crippen LogP contribution in [0.3, 0.4) is 0 Å². The molecule has 0 aromatic carbocycles. The summed E-state index contributed by atoms with van der Waals surface area (Å²) in [5.41, 5.74) is 7.07. The summed E-state index contributed by atoms with van der Waals surface area (Å²) in [6.07, 6.45) is 5.24. The Bertz CT molecular complexity index is 314. The molecule has 1 aliphatic carbocycles. The van der Waals surface area contributed by atoms with Crippen molar-refractivity contribution in [1.82, 2.24) is 4.98 Å². The fraction of sp³-hybridized carbons (Fsp3) is 0.545. The molecule has 0 saturated heterocycles. The van der Waals surface area contributed by atoms with Gasteiger partial charge in [0.15, 0.2) is 0 Å². The maximum atomic E-state index is 6.04. The molecular formula is C11H16N2O. The molecule has 0 bridgehead atoms. The van der Waals surface area contributed by atoms with Crippen molar-refractivity contribution in [2.75, 3.05) is 7.11 Å². The highest BCUT2D eigenvalue weighted by atomic mass is 16.5. The Hall–Kier alpha value is -1.09. The van der Waals surface area contributed by atoms with Crippen LogP contribution >= 0.6 is 0 Å². The molecule has 0 aliphatic heterocycles. The number of hydrogen-bond donors (Lipinski definition) is 1. The molecule has 1 aliphatic rings. The van der Waals surface area contributed by atoms with Crippen molar-refractivity contribution in [2.45, 2.75) is 31.2 Å². The molecule has 76 valence electrons. The van der Waals surface area contributed by atoms with Gasteiger partial charge in [-0.1, -0.05) is 6.42 Å². The van der Waals surface area contributed by atoms with Crippen LogP contribution in [0.1, 0.15) is 30.9 Å². The zero-order chi connectivity index (χ0) is 9.97. The van der Waals surface area contributed by atoms with Crippen LogP contribution < -0.4 is 10.5 Å². The Morgan fingerprint density at radius 1 is 1.50 bits per heavy atom. The van der Waals surface area contributed by atoms with Gasteiger partial charge in [-0.2, -0.15) is 0 Å². The van der Waals surface area contributed by atoms with Crippen molar-refractivity contribution in [2.24, 2.45) is 5.73 Å². The van der Waals surface area contributed by atoms with Gasteiger partial charge in [0, 0.05) is 18.2 Å². The number of rotatable bonds is 2. The summed E-state index contributed by atoms with van der Waals surface area (Å²) in [5.74, 6) is 1.25. The van der Waals surface area contributed by atoms with E-state index in [1.54, 1.807) is 7.11 Å². The number of aromatic nitrogens is 1. The van der Waals surface area contributed by atoms with E-state index >= 15 is 0 Å². The maximum Gasteiger partial charge on any atom is 0.140 e. The van der Waals surface area contributed by atoms with Gasteiger partial charge in [-0.3, -0.25) is 4.98 Å². The molecule has 1 aromatic heterocycles. The van der Waals surface area contributed by atoms with Crippen LogP contribution in [0.5, 0.6) is 5.75 Å². The third kappa shape index (κ3) is 1.60. The Labute approximate surface area is 84.3 Å². The Balaban J connectivity index is 2.30. The highest BCUT2D eigenvalue weighted by Crippen LogP contribution is 2.36. The number of methoxy groups -OCH3 is 1. The van der Waals surface area contributed by atoms with Crippen molar-refractivity contribution in [3.63, 3.8) is 0 Å². The second kappa shape index (κ2) is 3.96. The number of ether oxygens (including phenoxy) is 1. The van der Waals surface area contributed by atoms with E-state index in [1.165, 1.54) is 6.42 Å². The van der Waals surface area contributed by atoms with Gasteiger partial charge in [-0.05, 0) is 25.0 Å². The number of nitrogens with zero attached hydrogens (tertiary/aromatic N) is 1. The molecule has 1 aromatic rings. The molecule has 0 radical (unpaired) electrons. The highest BCUT2D eigenvalue weighted by molar-refractivity contribution is 5.31. The van der Waals surface area contributed by atoms with Gasteiger partial charge < -0.3 is 10.5 Å². The molecule has 2 atom stereocenters. The fourth-order valence-corrected chi connectivity index (χ4v) is 2.18. The lowest BCUT2D eigenvalue weighted by molar-refractivity contribution is 0.399. The minimum atomic E-state index is 0.249. The third-order valence-corrected chi connectivity index (χ3v) is 2.94. The summed E-state index contributed by atoms with van der Waals surface area (Å²) in [5, 5.41) is 0. The minimum absolute atomic E-state index is 0.249. The van der Waals surface area contributed by atoms with Gasteiger partial charge in [0.1, 0.15) is 5.75 Å². The SMILES string of the molecule is COc1cccnc1C1CCCC1N. The fourth-order valence-electron chi connectivity index (χ4n) is 2.18. The van der Waals surface area contributed by atoms with Crippen molar-refractivity contribution >= 4 is 0 Å². The average Bonchev–Trinajstić information content (AvgIpc) is 2.64. The summed E-state index contributed by atoms with van der Waals surface area (Å²) in [7, 11) is 1.68. The molecule has 2 rings (SSSR count). The summed E-state index contributed by atoms with van der Waals surface area (Å²) in [6, 6.07) is 4.09. The van der Waals surface area contributed by atoms with E-state index in [2.05, 4.69) is 4.98 Å². The first-order chi connectivity index (χ1) is 6.83. The summed E-state index contributed by atoms with van der Waals surface area (Å²) in [6.45, 7) is 0. The van der Waals surface area contributed by atoms with Gasteiger partial charge >= 0.3 is 0 Å². The lowest BCUT2D eigenvalue weighted by atomic mass is 9.99. The van der Waals surface area contributed by atoms with E-state index in [-0.39, 0.29) is 6.04 Å². The first-order valence-electron chi connectivity index (χ1n) is 5.07. The monoisotopic (exact) mass is 192 g/mol. The second-order valence-corrected chi connectivity index (χ2v) is 3.79. The van der Waals surface area contributed by atoms with E-state index in [0.29, 0.717) is 5.92 Å². The molecule has 1 saturated carbocycles. The smallest absolute Gasteiger partial charge is 0.140 e. The lowest BCUT2D eigenvalue weighted by Gasteiger charge is -2.16. The van der Waals surface area contributed by atoms with Gasteiger partial charge in [0.25, 0.3) is 0 Å². The molecule has 2 N–H and O–H groups in total. The molecular weight excluding hydrogens is 176 g/mol. The quantitative estimate of drug-likeness (QED) is 0.775. The first-order valence-corrected chi connectivity index (χ1v) is 5.07. The van der Waals surface area contributed by atoms with Crippen molar-refractivity contribution in [3.8, 4) is 5.75 Å². The standard InChI is InChI=1S/C11H16N2O/c1-14-10-6-3-7-13-11(10)8-4-2-5-9(8)12/h3,6-9H,2,4-5,12H2,1H3. The third-order valence-electron chi connectivity index (χ3n) is 2.94. The molecule has 3 nitrogen and oxygen atoms in total. The van der Waals surface area contributed by atoms with E-state index < -0.39 is 0 Å². The van der Waals surface area contributed by atoms with Crippen LogP contribution in [0.15, 0.2) is 18.3 Å². The molecule has 0 amide bonds. The normalized spacial score (nSPS) is 26.4. The van der Waals surface area contributed by atoms with Crippen molar-refractivity contribution in [1.29, 1.82) is 0 Å². The van der Waals surface area contributed by atoms with E-state index in [0.717, 1.165) is 24.3 Å². The summed E-state index contributed by atoms with van der Waals surface area (Å²) >= 11 is 0. The van der Waals surface area contributed by atoms with Crippen LogP contribution in [-0.2, 0) is 0 Å². The summed E-state index contributed by atoms with van der Waals surface area (Å²) < 4.78 is 5.29. The Morgan fingerprint density at radius 2 is 2.36 bits per heavy atom. The predicted molar refractivity (Wildman–Crippen MR) is 55.4 cm³/mol. The van der Waals surface area contributed by atoms with Crippen molar-refractivity contribution in [3.05, 3.63) is 24.0 Å². The first kappa shape index (κ1) is 9.46. The van der Waals surface area contributed by atoms with Crippen LogP contribution in [-0.4, -0.2) is 18.1 Å². The van der Waals surface area contributed by atoms with Crippen LogP contribution in [0, 0.1) is 0 Å². The molecule has 14 heavy (non-hydrogen) atoms. The summed E-state index contributed by atoms with van der Waals surface area (Å²) in [4.78, 5) is 4.38. The van der Waals surface area contributed by atoms with E-state index in [9.17, 15) is 0 Å². The molecule has 1 heterocycles. The number of pyridine rings is 1. The highest BCUT2D eigenvalue weighted by Gasteiger charge is 2.28. The van der Waals surface area contributed by atoms with Gasteiger partial charge in [0.05, 0.1) is 12.8 Å². The predicted octanol–water partition coefficient (Wildman–Crippen LogP) is 1.68. The largest absolute Gasteiger partial charge is 0.495 e. The molecule has 1 fully saturated rings. The zero-order valence-electron chi connectivity index (χ0n) is 8.44. The zero-order valence-corrected chi connectivity index (χ0v) is 8.44. The molecule has 3 heteroatoms. The second-order valence-electron chi connectivity index (χ2n) is 3.79. The van der Waals surface area contributed by atoms with Gasteiger partial charge in [-0.25, -0.2) is 0 Å². The van der Waals surface area contributed by atoms with E-state index in [1.807, 2.05) is 18.3 Å². The Kier molecular flexibility index (Phi) is 2.68. The Morgan fingerprint density at radius 3 is 3.00 bits per heavy atom. The van der Waals surface area contributed by atoms with E-state index in [4.69, 9.17) is 10.5 Å². The molecule has 2 unspecified atom stereocenters. The number of hydrogen-bond acceptors (Lipinski definition) is 3. The van der Waals surface area contributed by atoms with Gasteiger partial charge in [0.2, 0.25) is 0 Å². The maximum absolute atomic E-state index is 6.04. The van der Waals surface area contributed by atoms with Crippen LogP contribution in [0.25, 0.3) is 0 Å². The minimum Gasteiger partial charge on any atom is -0.495 e. The number of nitrogens with two attached hydrogens (primary N) is 1. The average molecular weight is 192 g/mol. The van der Waals surface area contributed by atoms with Crippen LogP contribution in [0.4, 0.5) is 0 Å². The van der Waals surface area contributed by atoms with Crippen LogP contribution in [0.2, 0.25) is 0 Å². The van der Waals surface area contributed by atoms with Crippen molar-refractivity contribution < 1.29 is 4.74 Å². The van der Waals surface area contributed by atoms with Gasteiger partial charge in [-0.15, -0.1) is 0 Å². The molecule has 0 spiro atoms. The lowest BCUT2D eigenvalue weighted by Crippen LogP contribution is -2.23. The topological polar surface area (TPSA) is 48.1 Å².